The Kier molecular flexibility index (Phi) is 8.32. The highest BCUT2D eigenvalue weighted by atomic mass is 16.5. The number of rotatable bonds is 8. The van der Waals surface area contributed by atoms with Crippen LogP contribution in [0.25, 0.3) is 0 Å². The molecule has 0 unspecified atom stereocenters. The number of methoxy groups -OCH3 is 1. The molecule has 0 aliphatic heterocycles. The molecule has 0 fully saturated rings. The maximum atomic E-state index is 11.5. The van der Waals surface area contributed by atoms with E-state index in [1.807, 2.05) is 20.8 Å². The van der Waals surface area contributed by atoms with E-state index in [4.69, 9.17) is 9.47 Å². The third-order valence-corrected chi connectivity index (χ3v) is 2.08. The molecule has 18 heavy (non-hydrogen) atoms. The van der Waals surface area contributed by atoms with Crippen molar-refractivity contribution < 1.29 is 19.1 Å². The van der Waals surface area contributed by atoms with Crippen molar-refractivity contribution in [3.8, 4) is 0 Å². The van der Waals surface area contributed by atoms with Crippen LogP contribution in [0.1, 0.15) is 20.8 Å². The highest BCUT2D eigenvalue weighted by Gasteiger charge is 2.20. The summed E-state index contributed by atoms with van der Waals surface area (Å²) in [6, 6.07) is 0. The molecule has 0 heterocycles. The van der Waals surface area contributed by atoms with Crippen LogP contribution in [-0.4, -0.2) is 51.8 Å². The van der Waals surface area contributed by atoms with E-state index in [9.17, 15) is 9.59 Å². The predicted molar refractivity (Wildman–Crippen MR) is 68.2 cm³/mol. The zero-order valence-corrected chi connectivity index (χ0v) is 11.7. The first-order valence-electron chi connectivity index (χ1n) is 5.99. The fourth-order valence-electron chi connectivity index (χ4n) is 1.00. The molecule has 0 saturated carbocycles. The van der Waals surface area contributed by atoms with Gasteiger partial charge >= 0.3 is 0 Å². The van der Waals surface area contributed by atoms with Gasteiger partial charge in [-0.25, -0.2) is 0 Å². The molecule has 6 nitrogen and oxygen atoms in total. The lowest BCUT2D eigenvalue weighted by Crippen LogP contribution is -2.40. The maximum absolute atomic E-state index is 11.5. The average Bonchev–Trinajstić information content (AvgIpc) is 2.28. The first-order chi connectivity index (χ1) is 8.38. The fraction of sp³-hybridized carbons (Fsp3) is 0.833. The Balaban J connectivity index is 3.49. The van der Waals surface area contributed by atoms with Crippen LogP contribution in [0.3, 0.4) is 0 Å². The minimum absolute atomic E-state index is 0.0105. The summed E-state index contributed by atoms with van der Waals surface area (Å²) in [5, 5.41) is 5.39. The summed E-state index contributed by atoms with van der Waals surface area (Å²) in [6.07, 6.45) is 0. The van der Waals surface area contributed by atoms with E-state index in [0.29, 0.717) is 26.3 Å². The zero-order chi connectivity index (χ0) is 14.0. The molecule has 0 atom stereocenters. The monoisotopic (exact) mass is 260 g/mol. The third kappa shape index (κ3) is 8.95. The lowest BCUT2D eigenvalue weighted by Gasteiger charge is -2.17. The van der Waals surface area contributed by atoms with Gasteiger partial charge in [0.25, 0.3) is 0 Å². The van der Waals surface area contributed by atoms with Gasteiger partial charge in [-0.15, -0.1) is 0 Å². The second-order valence-electron chi connectivity index (χ2n) is 4.90. The summed E-state index contributed by atoms with van der Waals surface area (Å²) in [7, 11) is 1.57. The Morgan fingerprint density at radius 3 is 2.22 bits per heavy atom. The molecule has 0 aromatic carbocycles. The van der Waals surface area contributed by atoms with E-state index in [-0.39, 0.29) is 18.4 Å². The van der Waals surface area contributed by atoms with Gasteiger partial charge in [0.1, 0.15) is 6.61 Å². The molecule has 0 aliphatic rings. The van der Waals surface area contributed by atoms with Gasteiger partial charge in [0, 0.05) is 25.6 Å². The molecule has 2 N–H and O–H groups in total. The van der Waals surface area contributed by atoms with Crippen molar-refractivity contribution in [2.45, 2.75) is 20.8 Å². The number of ether oxygens (including phenoxy) is 2. The molecule has 0 rings (SSSR count). The van der Waals surface area contributed by atoms with Crippen molar-refractivity contribution in [2.24, 2.45) is 5.41 Å². The highest BCUT2D eigenvalue weighted by molar-refractivity contribution is 5.81. The van der Waals surface area contributed by atoms with Gasteiger partial charge in [0.15, 0.2) is 0 Å². The van der Waals surface area contributed by atoms with Crippen LogP contribution in [0.4, 0.5) is 0 Å². The van der Waals surface area contributed by atoms with Gasteiger partial charge in [-0.3, -0.25) is 9.59 Å². The van der Waals surface area contributed by atoms with Crippen molar-refractivity contribution in [3.05, 3.63) is 0 Å². The zero-order valence-electron chi connectivity index (χ0n) is 11.7. The lowest BCUT2D eigenvalue weighted by atomic mass is 9.96. The molecule has 0 bridgehead atoms. The van der Waals surface area contributed by atoms with Gasteiger partial charge in [-0.05, 0) is 0 Å². The third-order valence-electron chi connectivity index (χ3n) is 2.08. The maximum Gasteiger partial charge on any atom is 0.246 e. The standard InChI is InChI=1S/C12H24N2O4/c1-12(2,3)11(16)14-6-5-13-10(15)9-18-8-7-17-4/h5-9H2,1-4H3,(H,13,15)(H,14,16). The Morgan fingerprint density at radius 2 is 1.67 bits per heavy atom. The largest absolute Gasteiger partial charge is 0.382 e. The average molecular weight is 260 g/mol. The quantitative estimate of drug-likeness (QED) is 0.599. The number of hydrogen-bond donors (Lipinski definition) is 2. The Morgan fingerprint density at radius 1 is 1.06 bits per heavy atom. The topological polar surface area (TPSA) is 76.7 Å². The molecule has 0 aromatic heterocycles. The normalized spacial score (nSPS) is 11.1. The van der Waals surface area contributed by atoms with Gasteiger partial charge < -0.3 is 20.1 Å². The van der Waals surface area contributed by atoms with Crippen LogP contribution < -0.4 is 10.6 Å². The Labute approximate surface area is 108 Å². The number of nitrogens with one attached hydrogen (secondary N) is 2. The van der Waals surface area contributed by atoms with Gasteiger partial charge in [0.2, 0.25) is 11.8 Å². The van der Waals surface area contributed by atoms with Crippen LogP contribution in [0.5, 0.6) is 0 Å². The smallest absolute Gasteiger partial charge is 0.246 e. The van der Waals surface area contributed by atoms with E-state index >= 15 is 0 Å². The highest BCUT2D eigenvalue weighted by Crippen LogP contribution is 2.11. The lowest BCUT2D eigenvalue weighted by molar-refractivity contribution is -0.129. The first-order valence-corrected chi connectivity index (χ1v) is 5.99. The van der Waals surface area contributed by atoms with E-state index in [1.54, 1.807) is 7.11 Å². The molecule has 0 aliphatic carbocycles. The van der Waals surface area contributed by atoms with E-state index in [0.717, 1.165) is 0 Å². The summed E-state index contributed by atoms with van der Waals surface area (Å²) in [5.41, 5.74) is -0.409. The molecule has 0 radical (unpaired) electrons. The van der Waals surface area contributed by atoms with Crippen molar-refractivity contribution in [2.75, 3.05) is 40.0 Å². The molecule has 106 valence electrons. The summed E-state index contributed by atoms with van der Waals surface area (Å²) in [4.78, 5) is 22.7. The summed E-state index contributed by atoms with van der Waals surface area (Å²) >= 11 is 0. The summed E-state index contributed by atoms with van der Waals surface area (Å²) in [6.45, 7) is 7.20. The van der Waals surface area contributed by atoms with Crippen molar-refractivity contribution in [1.82, 2.24) is 10.6 Å². The molecule has 0 spiro atoms. The molecule has 6 heteroatoms. The van der Waals surface area contributed by atoms with Crippen LogP contribution >= 0.6 is 0 Å². The predicted octanol–water partition coefficient (Wildman–Crippen LogP) is -0.0721. The molecule has 0 aromatic rings. The number of hydrogen-bond acceptors (Lipinski definition) is 4. The first kappa shape index (κ1) is 16.9. The minimum Gasteiger partial charge on any atom is -0.382 e. The molecular weight excluding hydrogens is 236 g/mol. The second kappa shape index (κ2) is 8.88. The molecule has 0 saturated heterocycles. The van der Waals surface area contributed by atoms with Crippen LogP contribution in [0.2, 0.25) is 0 Å². The van der Waals surface area contributed by atoms with E-state index in [1.165, 1.54) is 0 Å². The second-order valence-corrected chi connectivity index (χ2v) is 4.90. The van der Waals surface area contributed by atoms with E-state index in [2.05, 4.69) is 10.6 Å². The summed E-state index contributed by atoms with van der Waals surface area (Å²) < 4.78 is 9.82. The summed E-state index contributed by atoms with van der Waals surface area (Å²) in [5.74, 6) is -0.232. The fourth-order valence-corrected chi connectivity index (χ4v) is 1.00. The van der Waals surface area contributed by atoms with Crippen LogP contribution in [0.15, 0.2) is 0 Å². The van der Waals surface area contributed by atoms with Crippen molar-refractivity contribution in [3.63, 3.8) is 0 Å². The Bertz CT molecular complexity index is 261. The minimum atomic E-state index is -0.409. The SMILES string of the molecule is COCCOCC(=O)NCCNC(=O)C(C)(C)C. The van der Waals surface area contributed by atoms with Crippen molar-refractivity contribution in [1.29, 1.82) is 0 Å². The molecular formula is C12H24N2O4. The Hall–Kier alpha value is -1.14. The number of carbonyl (C=O) groups excluding carboxylic acids is 2. The van der Waals surface area contributed by atoms with Gasteiger partial charge in [0.05, 0.1) is 13.2 Å². The van der Waals surface area contributed by atoms with Crippen LogP contribution in [-0.2, 0) is 19.1 Å². The number of amides is 2. The molecule has 2 amide bonds. The van der Waals surface area contributed by atoms with Gasteiger partial charge in [-0.2, -0.15) is 0 Å². The van der Waals surface area contributed by atoms with Crippen LogP contribution in [0, 0.1) is 5.41 Å². The van der Waals surface area contributed by atoms with Gasteiger partial charge in [-0.1, -0.05) is 20.8 Å². The van der Waals surface area contributed by atoms with E-state index < -0.39 is 5.41 Å². The number of carbonyl (C=O) groups is 2. The van der Waals surface area contributed by atoms with Crippen molar-refractivity contribution >= 4 is 11.8 Å².